The van der Waals surface area contributed by atoms with E-state index in [1.807, 2.05) is 78.2 Å². The van der Waals surface area contributed by atoms with E-state index in [0.29, 0.717) is 0 Å². The van der Waals surface area contributed by atoms with Gasteiger partial charge < -0.3 is 19.6 Å². The minimum Gasteiger partial charge on any atom is -0.501 e. The molecule has 7 rings (SSSR count). The number of benzene rings is 4. The normalized spacial score (nSPS) is 13.3. The van der Waals surface area contributed by atoms with Gasteiger partial charge in [0.1, 0.15) is 12.1 Å². The maximum Gasteiger partial charge on any atom is 0.128 e. The minimum absolute atomic E-state index is 0. The van der Waals surface area contributed by atoms with Crippen LogP contribution in [-0.2, 0) is 20.1 Å². The number of fused-ring (bicyclic) bond motifs is 2. The van der Waals surface area contributed by atoms with Crippen molar-refractivity contribution in [2.24, 2.45) is 0 Å². The van der Waals surface area contributed by atoms with Crippen molar-refractivity contribution in [1.29, 1.82) is 0 Å². The van der Waals surface area contributed by atoms with Crippen LogP contribution in [-0.4, -0.2) is 17.0 Å². The predicted molar refractivity (Wildman–Crippen MR) is 149 cm³/mol. The second-order valence-electron chi connectivity index (χ2n) is 8.50. The topological polar surface area (TPSA) is 38.7 Å². The summed E-state index contributed by atoms with van der Waals surface area (Å²) in [6.45, 7) is 4.09. The SMILES string of the molecule is CN1[CH-]N(c2[c-]cccc2)c2ncncc21.[Ir].[c-]1ccccc1N1[CH-]N(c2ccccc2)c2ccccc21. The molecule has 1 radical (unpaired) electrons. The molecule has 5 aromatic rings. The Morgan fingerprint density at radius 1 is 0.632 bits per heavy atom. The van der Waals surface area contributed by atoms with Crippen molar-refractivity contribution in [3.05, 3.63) is 141 Å². The molecule has 38 heavy (non-hydrogen) atoms. The van der Waals surface area contributed by atoms with E-state index in [1.165, 1.54) is 11.4 Å². The third-order valence-electron chi connectivity index (χ3n) is 6.14. The number of aromatic nitrogens is 2. The predicted octanol–water partition coefficient (Wildman–Crippen LogP) is 6.88. The fourth-order valence-electron chi connectivity index (χ4n) is 4.38. The molecule has 2 aliphatic heterocycles. The van der Waals surface area contributed by atoms with Crippen LogP contribution in [0.3, 0.4) is 0 Å². The number of hydrogen-bond acceptors (Lipinski definition) is 6. The number of para-hydroxylation sites is 5. The molecule has 0 saturated carbocycles. The van der Waals surface area contributed by atoms with Gasteiger partial charge in [0.15, 0.2) is 0 Å². The molecule has 1 aromatic heterocycles. The second kappa shape index (κ2) is 11.5. The molecule has 0 atom stereocenters. The zero-order valence-corrected chi connectivity index (χ0v) is 23.0. The van der Waals surface area contributed by atoms with E-state index in [1.54, 1.807) is 6.33 Å². The Kier molecular flexibility index (Phi) is 7.68. The molecule has 0 unspecified atom stereocenters. The zero-order valence-electron chi connectivity index (χ0n) is 20.6. The third kappa shape index (κ3) is 4.99. The Labute approximate surface area is 237 Å². The Morgan fingerprint density at radius 2 is 1.24 bits per heavy atom. The summed E-state index contributed by atoms with van der Waals surface area (Å²) >= 11 is 0. The Bertz CT molecular complexity index is 1400. The summed E-state index contributed by atoms with van der Waals surface area (Å²) in [6, 6.07) is 41.1. The van der Waals surface area contributed by atoms with Gasteiger partial charge in [-0.3, -0.25) is 0 Å². The van der Waals surface area contributed by atoms with Crippen molar-refractivity contribution in [2.75, 3.05) is 26.6 Å². The molecule has 3 heterocycles. The van der Waals surface area contributed by atoms with Gasteiger partial charge in [-0.2, -0.15) is 67.3 Å². The summed E-state index contributed by atoms with van der Waals surface area (Å²) in [6.07, 6.45) is 3.36. The summed E-state index contributed by atoms with van der Waals surface area (Å²) in [5, 5.41) is 0. The molecule has 0 N–H and O–H groups in total. The van der Waals surface area contributed by atoms with Gasteiger partial charge >= 0.3 is 0 Å². The van der Waals surface area contributed by atoms with Gasteiger partial charge in [-0.05, 0) is 31.3 Å². The summed E-state index contributed by atoms with van der Waals surface area (Å²) in [5.41, 5.74) is 6.53. The van der Waals surface area contributed by atoms with E-state index < -0.39 is 0 Å². The average molecular weight is 673 g/mol. The summed E-state index contributed by atoms with van der Waals surface area (Å²) < 4.78 is 0. The van der Waals surface area contributed by atoms with Crippen molar-refractivity contribution in [1.82, 2.24) is 9.97 Å². The fourth-order valence-corrected chi connectivity index (χ4v) is 4.38. The van der Waals surface area contributed by atoms with Gasteiger partial charge in [-0.25, -0.2) is 9.97 Å². The summed E-state index contributed by atoms with van der Waals surface area (Å²) in [4.78, 5) is 16.7. The molecular formula is C31H24IrN6-4. The van der Waals surface area contributed by atoms with E-state index in [2.05, 4.69) is 93.2 Å². The molecule has 0 aliphatic carbocycles. The van der Waals surface area contributed by atoms with Crippen LogP contribution in [0, 0.1) is 25.5 Å². The van der Waals surface area contributed by atoms with Crippen LogP contribution in [0.2, 0.25) is 0 Å². The second-order valence-corrected chi connectivity index (χ2v) is 8.50. The Hall–Kier alpha value is -4.19. The van der Waals surface area contributed by atoms with Crippen molar-refractivity contribution in [3.63, 3.8) is 0 Å². The van der Waals surface area contributed by atoms with E-state index >= 15 is 0 Å². The molecule has 0 amide bonds. The Balaban J connectivity index is 0.000000156. The number of rotatable bonds is 3. The Morgan fingerprint density at radius 3 is 1.89 bits per heavy atom. The third-order valence-corrected chi connectivity index (χ3v) is 6.14. The van der Waals surface area contributed by atoms with Crippen molar-refractivity contribution < 1.29 is 20.1 Å². The number of hydrogen-bond donors (Lipinski definition) is 0. The minimum atomic E-state index is 0. The molecule has 6 nitrogen and oxygen atoms in total. The van der Waals surface area contributed by atoms with Gasteiger partial charge in [-0.1, -0.05) is 30.3 Å². The standard InChI is InChI=1S/C19H14N2.C12H10N4.Ir/c1-3-9-16(10-4-1)20-15-21(17-11-5-2-6-12-17)19-14-8-7-13-18(19)20;1-15-9-16(10-5-3-2-4-6-10)12-11(15)7-13-8-14-12;/h1-11,13-15H;2-5,7-9H,1H3;/q2*-2;. The van der Waals surface area contributed by atoms with Crippen molar-refractivity contribution in [2.45, 2.75) is 0 Å². The molecule has 0 spiro atoms. The van der Waals surface area contributed by atoms with Gasteiger partial charge in [0.2, 0.25) is 0 Å². The molecule has 0 saturated heterocycles. The van der Waals surface area contributed by atoms with Crippen LogP contribution in [0.25, 0.3) is 0 Å². The van der Waals surface area contributed by atoms with Crippen LogP contribution >= 0.6 is 0 Å². The molecule has 0 bridgehead atoms. The van der Waals surface area contributed by atoms with Crippen LogP contribution in [0.5, 0.6) is 0 Å². The largest absolute Gasteiger partial charge is 0.501 e. The van der Waals surface area contributed by atoms with Crippen LogP contribution in [0.15, 0.2) is 116 Å². The van der Waals surface area contributed by atoms with E-state index in [4.69, 9.17) is 0 Å². The van der Waals surface area contributed by atoms with E-state index in [9.17, 15) is 0 Å². The first-order valence-corrected chi connectivity index (χ1v) is 12.0. The van der Waals surface area contributed by atoms with Gasteiger partial charge in [0.05, 0.1) is 11.9 Å². The first-order valence-electron chi connectivity index (χ1n) is 12.0. The monoisotopic (exact) mass is 673 g/mol. The molecule has 4 aromatic carbocycles. The molecule has 191 valence electrons. The first kappa shape index (κ1) is 25.5. The number of anilines is 7. The maximum absolute atomic E-state index is 4.29. The smallest absolute Gasteiger partial charge is 0.128 e. The molecule has 0 fully saturated rings. The van der Waals surface area contributed by atoms with Crippen LogP contribution in [0.4, 0.5) is 39.9 Å². The van der Waals surface area contributed by atoms with Crippen LogP contribution < -0.4 is 19.6 Å². The fraction of sp³-hybridized carbons (Fsp3) is 0.0323. The quantitative estimate of drug-likeness (QED) is 0.195. The van der Waals surface area contributed by atoms with Gasteiger partial charge in [0, 0.05) is 37.2 Å². The molecule has 2 aliphatic rings. The van der Waals surface area contributed by atoms with Crippen molar-refractivity contribution in [3.8, 4) is 0 Å². The van der Waals surface area contributed by atoms with Crippen molar-refractivity contribution >= 4 is 39.9 Å². The van der Waals surface area contributed by atoms with Gasteiger partial charge in [-0.15, -0.1) is 18.0 Å². The molecular weight excluding hydrogens is 649 g/mol. The summed E-state index contributed by atoms with van der Waals surface area (Å²) in [5.74, 6) is 0.889. The average Bonchev–Trinajstić information content (AvgIpc) is 3.53. The maximum atomic E-state index is 4.29. The molecule has 7 heteroatoms. The zero-order chi connectivity index (χ0) is 25.0. The summed E-state index contributed by atoms with van der Waals surface area (Å²) in [7, 11) is 1.98. The first-order chi connectivity index (χ1) is 18.3. The van der Waals surface area contributed by atoms with Crippen LogP contribution in [0.1, 0.15) is 0 Å². The van der Waals surface area contributed by atoms with E-state index in [0.717, 1.165) is 28.6 Å². The van der Waals surface area contributed by atoms with E-state index in [-0.39, 0.29) is 20.1 Å². The number of nitrogens with zero attached hydrogens (tertiary/aromatic N) is 6. The van der Waals surface area contributed by atoms with Gasteiger partial charge in [0.25, 0.3) is 0 Å².